The molecule has 1 aliphatic carbocycles. The Morgan fingerprint density at radius 1 is 1.29 bits per heavy atom. The Morgan fingerprint density at radius 2 is 2.00 bits per heavy atom. The van der Waals surface area contributed by atoms with Crippen LogP contribution in [0.5, 0.6) is 0 Å². The first kappa shape index (κ1) is 14.9. The first-order valence-corrected chi connectivity index (χ1v) is 8.20. The number of rotatable bonds is 6. The third kappa shape index (κ3) is 3.58. The lowest BCUT2D eigenvalue weighted by Gasteiger charge is -2.29. The zero-order chi connectivity index (χ0) is 14.8. The minimum Gasteiger partial charge on any atom is -0.381 e. The van der Waals surface area contributed by atoms with Crippen molar-refractivity contribution >= 4 is 5.82 Å². The summed E-state index contributed by atoms with van der Waals surface area (Å²) < 4.78 is 7.50. The number of nitrogens with zero attached hydrogens (tertiary/aromatic N) is 3. The Bertz CT molecular complexity index is 475. The van der Waals surface area contributed by atoms with Crippen molar-refractivity contribution in [2.24, 2.45) is 13.0 Å². The second-order valence-electron chi connectivity index (χ2n) is 6.60. The van der Waals surface area contributed by atoms with Gasteiger partial charge < -0.3 is 15.0 Å². The molecule has 0 atom stereocenters. The first-order valence-electron chi connectivity index (χ1n) is 8.20. The van der Waals surface area contributed by atoms with E-state index in [0.717, 1.165) is 44.0 Å². The molecule has 0 unspecified atom stereocenters. The molecular formula is C16H28N4O. The molecule has 3 rings (SSSR count). The Kier molecular flexibility index (Phi) is 4.50. The van der Waals surface area contributed by atoms with Gasteiger partial charge in [-0.25, -0.2) is 0 Å². The summed E-state index contributed by atoms with van der Waals surface area (Å²) in [6, 6.07) is 0.734. The quantitative estimate of drug-likeness (QED) is 0.869. The molecule has 1 aromatic heterocycles. The summed E-state index contributed by atoms with van der Waals surface area (Å²) in [5.74, 6) is 2.01. The minimum atomic E-state index is 0.734. The van der Waals surface area contributed by atoms with Gasteiger partial charge in [0.25, 0.3) is 0 Å². The van der Waals surface area contributed by atoms with E-state index in [1.54, 1.807) is 0 Å². The van der Waals surface area contributed by atoms with Crippen LogP contribution in [0.3, 0.4) is 0 Å². The molecule has 0 radical (unpaired) electrons. The van der Waals surface area contributed by atoms with Crippen LogP contribution in [-0.2, 0) is 18.3 Å². The van der Waals surface area contributed by atoms with Gasteiger partial charge in [-0.2, -0.15) is 5.10 Å². The number of nitrogens with one attached hydrogen (secondary N) is 1. The topological polar surface area (TPSA) is 42.3 Å². The normalized spacial score (nSPS) is 20.0. The third-order valence-corrected chi connectivity index (χ3v) is 4.69. The highest BCUT2D eigenvalue weighted by Gasteiger charge is 2.24. The summed E-state index contributed by atoms with van der Waals surface area (Å²) in [6.45, 7) is 5.99. The van der Waals surface area contributed by atoms with Gasteiger partial charge in [0, 0.05) is 52.0 Å². The van der Waals surface area contributed by atoms with Crippen molar-refractivity contribution < 1.29 is 4.74 Å². The lowest BCUT2D eigenvalue weighted by molar-refractivity contribution is 0.0684. The van der Waals surface area contributed by atoms with Gasteiger partial charge in [0.15, 0.2) is 0 Å². The summed E-state index contributed by atoms with van der Waals surface area (Å²) in [5, 5.41) is 8.26. The lowest BCUT2D eigenvalue weighted by atomic mass is 10.00. The molecule has 0 bridgehead atoms. The van der Waals surface area contributed by atoms with E-state index in [4.69, 9.17) is 4.74 Å². The molecular weight excluding hydrogens is 264 g/mol. The van der Waals surface area contributed by atoms with Crippen molar-refractivity contribution in [2.75, 3.05) is 31.7 Å². The molecule has 5 nitrogen and oxygen atoms in total. The molecule has 1 aromatic rings. The summed E-state index contributed by atoms with van der Waals surface area (Å²) in [5.41, 5.74) is 2.51. The van der Waals surface area contributed by atoms with Crippen LogP contribution in [0.25, 0.3) is 0 Å². The monoisotopic (exact) mass is 292 g/mol. The Morgan fingerprint density at radius 3 is 2.67 bits per heavy atom. The smallest absolute Gasteiger partial charge is 0.131 e. The largest absolute Gasteiger partial charge is 0.381 e. The molecule has 118 valence electrons. The van der Waals surface area contributed by atoms with Gasteiger partial charge in [-0.15, -0.1) is 0 Å². The molecule has 2 heterocycles. The second kappa shape index (κ2) is 6.36. The van der Waals surface area contributed by atoms with Gasteiger partial charge in [0.2, 0.25) is 0 Å². The van der Waals surface area contributed by atoms with Gasteiger partial charge in [-0.1, -0.05) is 0 Å². The second-order valence-corrected chi connectivity index (χ2v) is 6.60. The fourth-order valence-corrected chi connectivity index (χ4v) is 3.31. The summed E-state index contributed by atoms with van der Waals surface area (Å²) >= 11 is 0. The summed E-state index contributed by atoms with van der Waals surface area (Å²) in [6.07, 6.45) is 5.01. The van der Waals surface area contributed by atoms with E-state index < -0.39 is 0 Å². The van der Waals surface area contributed by atoms with Crippen LogP contribution in [0.2, 0.25) is 0 Å². The van der Waals surface area contributed by atoms with E-state index in [0.29, 0.717) is 0 Å². The third-order valence-electron chi connectivity index (χ3n) is 4.69. The van der Waals surface area contributed by atoms with Gasteiger partial charge in [0.05, 0.1) is 5.69 Å². The number of anilines is 1. The number of hydrogen-bond donors (Lipinski definition) is 1. The Labute approximate surface area is 127 Å². The van der Waals surface area contributed by atoms with E-state index in [2.05, 4.69) is 36.3 Å². The fourth-order valence-electron chi connectivity index (χ4n) is 3.31. The average Bonchev–Trinajstić information content (AvgIpc) is 3.23. The van der Waals surface area contributed by atoms with Crippen molar-refractivity contribution in [3.63, 3.8) is 0 Å². The maximum absolute atomic E-state index is 5.46. The zero-order valence-corrected chi connectivity index (χ0v) is 13.6. The molecule has 5 heteroatoms. The van der Waals surface area contributed by atoms with Crippen molar-refractivity contribution in [2.45, 2.75) is 45.2 Å². The van der Waals surface area contributed by atoms with Crippen LogP contribution in [0.1, 0.15) is 36.9 Å². The molecule has 1 N–H and O–H groups in total. The highest BCUT2D eigenvalue weighted by Crippen LogP contribution is 2.27. The maximum atomic E-state index is 5.46. The molecule has 1 saturated heterocycles. The van der Waals surface area contributed by atoms with E-state index >= 15 is 0 Å². The SMILES string of the molecule is Cc1nn(C)c(N(C)CC2CCOCC2)c1CNC1CC1. The predicted molar refractivity (Wildman–Crippen MR) is 84.6 cm³/mol. The van der Waals surface area contributed by atoms with E-state index in [1.165, 1.54) is 37.1 Å². The first-order chi connectivity index (χ1) is 10.1. The summed E-state index contributed by atoms with van der Waals surface area (Å²) in [4.78, 5) is 2.39. The predicted octanol–water partition coefficient (Wildman–Crippen LogP) is 1.84. The molecule has 2 fully saturated rings. The molecule has 1 aliphatic heterocycles. The van der Waals surface area contributed by atoms with Crippen LogP contribution in [-0.4, -0.2) is 42.6 Å². The van der Waals surface area contributed by atoms with Gasteiger partial charge in [0.1, 0.15) is 5.82 Å². The highest BCUT2D eigenvalue weighted by molar-refractivity contribution is 5.49. The van der Waals surface area contributed by atoms with Crippen molar-refractivity contribution in [1.29, 1.82) is 0 Å². The maximum Gasteiger partial charge on any atom is 0.131 e. The molecule has 0 spiro atoms. The van der Waals surface area contributed by atoms with Gasteiger partial charge in [-0.05, 0) is 38.5 Å². The van der Waals surface area contributed by atoms with E-state index in [1.807, 2.05) is 4.68 Å². The molecule has 1 saturated carbocycles. The van der Waals surface area contributed by atoms with E-state index in [9.17, 15) is 0 Å². The number of aromatic nitrogens is 2. The Hall–Kier alpha value is -1.07. The van der Waals surface area contributed by atoms with Crippen LogP contribution in [0.4, 0.5) is 5.82 Å². The van der Waals surface area contributed by atoms with E-state index in [-0.39, 0.29) is 0 Å². The number of hydrogen-bond acceptors (Lipinski definition) is 4. The number of ether oxygens (including phenoxy) is 1. The molecule has 0 amide bonds. The fraction of sp³-hybridized carbons (Fsp3) is 0.812. The molecule has 2 aliphatic rings. The zero-order valence-electron chi connectivity index (χ0n) is 13.6. The van der Waals surface area contributed by atoms with Crippen LogP contribution in [0, 0.1) is 12.8 Å². The minimum absolute atomic E-state index is 0.734. The van der Waals surface area contributed by atoms with Crippen LogP contribution in [0.15, 0.2) is 0 Å². The number of aryl methyl sites for hydroxylation is 2. The molecule has 0 aromatic carbocycles. The average molecular weight is 292 g/mol. The Balaban J connectivity index is 1.69. The van der Waals surface area contributed by atoms with Crippen molar-refractivity contribution in [3.05, 3.63) is 11.3 Å². The highest BCUT2D eigenvalue weighted by atomic mass is 16.5. The van der Waals surface area contributed by atoms with Gasteiger partial charge in [-0.3, -0.25) is 4.68 Å². The van der Waals surface area contributed by atoms with Crippen LogP contribution < -0.4 is 10.2 Å². The van der Waals surface area contributed by atoms with Gasteiger partial charge >= 0.3 is 0 Å². The van der Waals surface area contributed by atoms with Crippen molar-refractivity contribution in [3.8, 4) is 0 Å². The summed E-state index contributed by atoms with van der Waals surface area (Å²) in [7, 11) is 4.26. The molecule has 21 heavy (non-hydrogen) atoms. The van der Waals surface area contributed by atoms with Crippen molar-refractivity contribution in [1.82, 2.24) is 15.1 Å². The standard InChI is InChI=1S/C16H28N4O/c1-12-15(10-17-14-4-5-14)16(20(3)18-12)19(2)11-13-6-8-21-9-7-13/h13-14,17H,4-11H2,1-3H3. The lowest BCUT2D eigenvalue weighted by Crippen LogP contribution is -2.31. The van der Waals surface area contributed by atoms with Crippen LogP contribution >= 0.6 is 0 Å².